The summed E-state index contributed by atoms with van der Waals surface area (Å²) in [6, 6.07) is 3.46. The Morgan fingerprint density at radius 2 is 1.74 bits per heavy atom. The number of carboxylic acid groups (broad SMARTS) is 1. The molecule has 0 unspecified atom stereocenters. The summed E-state index contributed by atoms with van der Waals surface area (Å²) < 4.78 is 10.7. The molecule has 2 aliphatic heterocycles. The molecule has 1 aromatic heterocycles. The molecule has 2 bridgehead atoms. The van der Waals surface area contributed by atoms with Gasteiger partial charge in [0.2, 0.25) is 17.6 Å². The smallest absolute Gasteiger partial charge is 0.323 e. The normalized spacial score (nSPS) is 32.4. The Bertz CT molecular complexity index is 1310. The number of phenols is 1. The molecule has 3 heterocycles. The number of imide groups is 1. The molecule has 2 amide bonds. The molecular weight excluding hydrogens is 496 g/mol. The van der Waals surface area contributed by atoms with Crippen molar-refractivity contribution in [2.75, 3.05) is 20.8 Å². The molecule has 3 N–H and O–H groups in total. The fraction of sp³-hybridized carbons (Fsp3) is 0.478. The van der Waals surface area contributed by atoms with E-state index in [9.17, 15) is 29.4 Å². The summed E-state index contributed by atoms with van der Waals surface area (Å²) in [7, 11) is 2.89. The molecule has 1 aromatic carbocycles. The third-order valence-electron chi connectivity index (χ3n) is 7.97. The number of hydrogen-bond donors (Lipinski definition) is 3. The number of hydrogen-bond acceptors (Lipinski definition) is 9. The Balaban J connectivity index is 1.48. The number of aromatic amines is 1. The first kappa shape index (κ1) is 22.5. The van der Waals surface area contributed by atoms with Gasteiger partial charge in [0.25, 0.3) is 0 Å². The van der Waals surface area contributed by atoms with Crippen molar-refractivity contribution in [1.29, 1.82) is 0 Å². The van der Waals surface area contributed by atoms with E-state index in [4.69, 9.17) is 9.47 Å². The van der Waals surface area contributed by atoms with Crippen LogP contribution in [-0.2, 0) is 14.4 Å². The van der Waals surface area contributed by atoms with Gasteiger partial charge in [-0.25, -0.2) is 0 Å². The number of nitrogens with one attached hydrogen (secondary N) is 1. The van der Waals surface area contributed by atoms with Crippen molar-refractivity contribution in [3.8, 4) is 17.2 Å². The summed E-state index contributed by atoms with van der Waals surface area (Å²) in [5.41, 5.74) is 0.784. The molecule has 184 valence electrons. The standard InChI is InChI=1S/C23H22N2O8S2/c1-32-10-3-7(4-11(33-2)17(10)28)13-14-8-5-9(18(14)34-20-19(13)35-23(31)24-20)16-15(8)21(29)25(22(16)30)6-12(26)27/h3-4,8-9,13-16,18,28H,5-6H2,1-2H3,(H,24,31)(H,26,27)/t8-,9+,13+,14+,15+,16-,18-/m1/s1. The molecule has 0 spiro atoms. The lowest BCUT2D eigenvalue weighted by molar-refractivity contribution is -0.149. The number of carbonyl (C=O) groups excluding carboxylic acids is 2. The van der Waals surface area contributed by atoms with Gasteiger partial charge in [0.1, 0.15) is 6.54 Å². The zero-order valence-electron chi connectivity index (χ0n) is 18.7. The zero-order chi connectivity index (χ0) is 24.8. The highest BCUT2D eigenvalue weighted by Gasteiger charge is 2.69. The number of fused-ring (bicyclic) bond motifs is 9. The Hall–Kier alpha value is -2.99. The van der Waals surface area contributed by atoms with E-state index in [0.29, 0.717) is 6.42 Å². The van der Waals surface area contributed by atoms with Crippen LogP contribution in [-0.4, -0.2) is 63.9 Å². The van der Waals surface area contributed by atoms with Crippen LogP contribution in [0.2, 0.25) is 0 Å². The molecule has 2 aromatic rings. The second-order valence-corrected chi connectivity index (χ2v) is 11.6. The number of benzene rings is 1. The van der Waals surface area contributed by atoms with Crippen LogP contribution in [0.3, 0.4) is 0 Å². The predicted molar refractivity (Wildman–Crippen MR) is 124 cm³/mol. The molecular formula is C23H22N2O8S2. The van der Waals surface area contributed by atoms with Crippen LogP contribution in [0.1, 0.15) is 22.8 Å². The van der Waals surface area contributed by atoms with Crippen molar-refractivity contribution in [1.82, 2.24) is 9.88 Å². The Morgan fingerprint density at radius 1 is 1.11 bits per heavy atom. The first-order valence-corrected chi connectivity index (χ1v) is 12.9. The van der Waals surface area contributed by atoms with E-state index in [-0.39, 0.29) is 51.0 Å². The van der Waals surface area contributed by atoms with Crippen molar-refractivity contribution >= 4 is 40.9 Å². The third-order valence-corrected chi connectivity index (χ3v) is 10.6. The maximum absolute atomic E-state index is 13.2. The zero-order valence-corrected chi connectivity index (χ0v) is 20.4. The summed E-state index contributed by atoms with van der Waals surface area (Å²) in [6.07, 6.45) is 0.693. The van der Waals surface area contributed by atoms with Crippen molar-refractivity contribution in [2.24, 2.45) is 29.6 Å². The fourth-order valence-corrected chi connectivity index (χ4v) is 9.73. The second kappa shape index (κ2) is 7.76. The quantitative estimate of drug-likeness (QED) is 0.504. The van der Waals surface area contributed by atoms with Gasteiger partial charge in [-0.05, 0) is 41.9 Å². The van der Waals surface area contributed by atoms with Gasteiger partial charge in [-0.3, -0.25) is 24.1 Å². The van der Waals surface area contributed by atoms with Crippen molar-refractivity contribution in [2.45, 2.75) is 22.6 Å². The number of aromatic hydroxyl groups is 1. The van der Waals surface area contributed by atoms with Gasteiger partial charge in [-0.1, -0.05) is 11.3 Å². The largest absolute Gasteiger partial charge is 0.502 e. The predicted octanol–water partition coefficient (Wildman–Crippen LogP) is 1.72. The number of carboxylic acids is 1. The maximum atomic E-state index is 13.2. The molecule has 10 nitrogen and oxygen atoms in total. The Labute approximate surface area is 207 Å². The number of phenolic OH excluding ortho intramolecular Hbond substituents is 1. The molecule has 7 atom stereocenters. The number of thiazole rings is 1. The van der Waals surface area contributed by atoms with E-state index in [1.807, 2.05) is 0 Å². The number of aromatic nitrogens is 1. The van der Waals surface area contributed by atoms with E-state index < -0.39 is 36.2 Å². The highest BCUT2D eigenvalue weighted by Crippen LogP contribution is 2.68. The number of thioether (sulfide) groups is 1. The Kier molecular flexibility index (Phi) is 4.98. The lowest BCUT2D eigenvalue weighted by Crippen LogP contribution is -2.42. The number of methoxy groups -OCH3 is 2. The van der Waals surface area contributed by atoms with Crippen LogP contribution in [0.25, 0.3) is 0 Å². The molecule has 35 heavy (non-hydrogen) atoms. The SMILES string of the molecule is COc1cc([C@@H]2c3sc(=O)[nH]c3S[C@@H]3[C@H]4C[C@@H]([C@@H]5C(=O)N(CC(=O)O)C(=O)[C@H]45)[C@@H]23)cc(OC)c1O. The average molecular weight is 519 g/mol. The van der Waals surface area contributed by atoms with Crippen LogP contribution in [0, 0.1) is 29.6 Å². The summed E-state index contributed by atoms with van der Waals surface area (Å²) >= 11 is 2.66. The van der Waals surface area contributed by atoms with Gasteiger partial charge in [0.05, 0.1) is 31.1 Å². The molecule has 2 aliphatic carbocycles. The topological polar surface area (TPSA) is 146 Å². The van der Waals surface area contributed by atoms with Crippen molar-refractivity contribution in [3.05, 3.63) is 32.2 Å². The molecule has 12 heteroatoms. The minimum atomic E-state index is -1.22. The van der Waals surface area contributed by atoms with Crippen LogP contribution in [0.5, 0.6) is 17.2 Å². The van der Waals surface area contributed by atoms with E-state index in [1.54, 1.807) is 23.9 Å². The highest BCUT2D eigenvalue weighted by atomic mass is 32.2. The van der Waals surface area contributed by atoms with Crippen molar-refractivity contribution in [3.63, 3.8) is 0 Å². The number of rotatable bonds is 5. The first-order valence-electron chi connectivity index (χ1n) is 11.2. The average Bonchev–Trinajstić information content (AvgIpc) is 3.55. The maximum Gasteiger partial charge on any atom is 0.323 e. The van der Waals surface area contributed by atoms with Crippen LogP contribution < -0.4 is 14.3 Å². The number of nitrogens with zero attached hydrogens (tertiary/aromatic N) is 1. The second-order valence-electron chi connectivity index (χ2n) is 9.39. The summed E-state index contributed by atoms with van der Waals surface area (Å²) in [5.74, 6) is -3.36. The number of amides is 2. The van der Waals surface area contributed by atoms with Gasteiger partial charge < -0.3 is 24.7 Å². The fourth-order valence-electron chi connectivity index (χ4n) is 6.84. The monoisotopic (exact) mass is 518 g/mol. The number of aliphatic carboxylic acids is 1. The van der Waals surface area contributed by atoms with Crippen molar-refractivity contribution < 1.29 is 34.1 Å². The van der Waals surface area contributed by atoms with E-state index >= 15 is 0 Å². The molecule has 4 aliphatic rings. The molecule has 0 radical (unpaired) electrons. The molecule has 1 saturated heterocycles. The Morgan fingerprint density at radius 3 is 2.34 bits per heavy atom. The number of carbonyl (C=O) groups is 3. The summed E-state index contributed by atoms with van der Waals surface area (Å²) in [4.78, 5) is 54.5. The van der Waals surface area contributed by atoms with Gasteiger partial charge in [0.15, 0.2) is 11.5 Å². The van der Waals surface area contributed by atoms with E-state index in [0.717, 1.165) is 31.7 Å². The lowest BCUT2D eigenvalue weighted by Gasteiger charge is -2.43. The van der Waals surface area contributed by atoms with Crippen LogP contribution >= 0.6 is 23.1 Å². The van der Waals surface area contributed by atoms with E-state index in [1.165, 1.54) is 14.2 Å². The van der Waals surface area contributed by atoms with Gasteiger partial charge >= 0.3 is 10.8 Å². The summed E-state index contributed by atoms with van der Waals surface area (Å²) in [5, 5.41) is 20.4. The van der Waals surface area contributed by atoms with Gasteiger partial charge in [0, 0.05) is 16.0 Å². The van der Waals surface area contributed by atoms with Gasteiger partial charge in [-0.15, -0.1) is 11.8 Å². The lowest BCUT2D eigenvalue weighted by atomic mass is 9.68. The number of ether oxygens (including phenoxy) is 2. The van der Waals surface area contributed by atoms with E-state index in [2.05, 4.69) is 4.98 Å². The summed E-state index contributed by atoms with van der Waals surface area (Å²) in [6.45, 7) is -0.622. The van der Waals surface area contributed by atoms with Gasteiger partial charge in [-0.2, -0.15) is 0 Å². The number of likely N-dealkylation sites (tertiary alicyclic amines) is 1. The minimum Gasteiger partial charge on any atom is -0.502 e. The van der Waals surface area contributed by atoms with Crippen LogP contribution in [0.15, 0.2) is 22.0 Å². The number of H-pyrrole nitrogens is 1. The first-order chi connectivity index (χ1) is 16.7. The minimum absolute atomic E-state index is 0.0312. The molecule has 2 saturated carbocycles. The highest BCUT2D eigenvalue weighted by molar-refractivity contribution is 8.00. The van der Waals surface area contributed by atoms with Crippen LogP contribution in [0.4, 0.5) is 0 Å². The molecule has 3 fully saturated rings. The third kappa shape index (κ3) is 3.02. The molecule has 6 rings (SSSR count).